The molecule has 7 nitrogen and oxygen atoms in total. The number of carbonyl (C=O) groups is 1. The number of aliphatic carboxylic acids is 1. The number of nitrogens with zero attached hydrogens (tertiary/aromatic N) is 1. The third kappa shape index (κ3) is 8.60. The molecule has 0 aliphatic heterocycles. The van der Waals surface area contributed by atoms with Crippen molar-refractivity contribution in [2.24, 2.45) is 5.92 Å². The quantitative estimate of drug-likeness (QED) is 0.132. The summed E-state index contributed by atoms with van der Waals surface area (Å²) < 4.78 is 35.0. The summed E-state index contributed by atoms with van der Waals surface area (Å²) >= 11 is 7.34. The Kier molecular flexibility index (Phi) is 10.6. The number of fused-ring (bicyclic) bond motifs is 1. The van der Waals surface area contributed by atoms with E-state index < -0.39 is 27.2 Å². The summed E-state index contributed by atoms with van der Waals surface area (Å²) in [4.78, 5) is 16.9. The molecule has 5 aromatic rings. The Labute approximate surface area is 266 Å². The topological polar surface area (TPSA) is 106 Å². The number of nitrogens with one attached hydrogen (secondary N) is 1. The molecule has 44 heavy (non-hydrogen) atoms. The van der Waals surface area contributed by atoms with Crippen molar-refractivity contribution < 1.29 is 23.1 Å². The van der Waals surface area contributed by atoms with Gasteiger partial charge < -0.3 is 9.84 Å². The monoisotopic (exact) mass is 646 g/mol. The SMILES string of the molecule is O=C(O)C(CSC(CNS(=O)(=O)c1ccc(Cl)cc1)c1cccc(OCc2ccc3ccccc3n2)c1)Cc1ccccc1. The van der Waals surface area contributed by atoms with Gasteiger partial charge in [-0.3, -0.25) is 4.79 Å². The van der Waals surface area contributed by atoms with Gasteiger partial charge in [0.05, 0.1) is 22.0 Å². The van der Waals surface area contributed by atoms with E-state index in [1.165, 1.54) is 36.0 Å². The second-order valence-corrected chi connectivity index (χ2v) is 13.6. The van der Waals surface area contributed by atoms with Crippen LogP contribution in [0.2, 0.25) is 5.02 Å². The molecule has 1 aromatic heterocycles. The van der Waals surface area contributed by atoms with Crippen molar-refractivity contribution in [3.05, 3.63) is 137 Å². The molecule has 2 atom stereocenters. The summed E-state index contributed by atoms with van der Waals surface area (Å²) in [6.07, 6.45) is 0.369. The van der Waals surface area contributed by atoms with E-state index in [9.17, 15) is 18.3 Å². The number of benzene rings is 4. The standard InChI is InChI=1S/C34H31ClN2O5S2/c35-28-14-17-31(18-15-28)44(40,41)36-21-33(43-23-27(34(38)39)19-24-7-2-1-3-8-24)26-10-6-11-30(20-26)42-22-29-16-13-25-9-4-5-12-32(25)37-29/h1-18,20,27,33,36H,19,21-23H2,(H,38,39). The molecule has 0 amide bonds. The number of sulfonamides is 1. The molecule has 4 aromatic carbocycles. The van der Waals surface area contributed by atoms with Crippen LogP contribution in [-0.4, -0.2) is 36.8 Å². The molecule has 5 rings (SSSR count). The maximum absolute atomic E-state index is 13.1. The number of carboxylic acids is 1. The number of carboxylic acid groups (broad SMARTS) is 1. The number of pyridine rings is 1. The molecule has 2 N–H and O–H groups in total. The van der Waals surface area contributed by atoms with E-state index in [1.807, 2.05) is 91.0 Å². The summed E-state index contributed by atoms with van der Waals surface area (Å²) in [5, 5.41) is 11.1. The molecule has 0 saturated heterocycles. The molecule has 0 bridgehead atoms. The van der Waals surface area contributed by atoms with Gasteiger partial charge >= 0.3 is 5.97 Å². The third-order valence-corrected chi connectivity index (χ3v) is 10.2. The summed E-state index contributed by atoms with van der Waals surface area (Å²) in [6.45, 7) is 0.302. The fourth-order valence-electron chi connectivity index (χ4n) is 4.65. The van der Waals surface area contributed by atoms with Crippen LogP contribution in [-0.2, 0) is 27.8 Å². The van der Waals surface area contributed by atoms with Gasteiger partial charge in [-0.1, -0.05) is 78.3 Å². The van der Waals surface area contributed by atoms with E-state index in [0.717, 1.165) is 27.7 Å². The van der Waals surface area contributed by atoms with Gasteiger partial charge in [0.15, 0.2) is 0 Å². The third-order valence-electron chi connectivity index (χ3n) is 7.03. The molecule has 0 saturated carbocycles. The van der Waals surface area contributed by atoms with Crippen LogP contribution in [0, 0.1) is 5.92 Å². The van der Waals surface area contributed by atoms with E-state index in [2.05, 4.69) is 9.71 Å². The molecule has 0 aliphatic carbocycles. The molecule has 0 radical (unpaired) electrons. The maximum atomic E-state index is 13.1. The lowest BCUT2D eigenvalue weighted by Gasteiger charge is -2.21. The summed E-state index contributed by atoms with van der Waals surface area (Å²) in [6, 6.07) is 34.6. The number of halogens is 1. The number of aromatic nitrogens is 1. The van der Waals surface area contributed by atoms with Gasteiger partial charge in [0.25, 0.3) is 0 Å². The van der Waals surface area contributed by atoms with Crippen LogP contribution in [0.25, 0.3) is 10.9 Å². The largest absolute Gasteiger partial charge is 0.487 e. The molecular formula is C34H31ClN2O5S2. The predicted molar refractivity (Wildman–Crippen MR) is 176 cm³/mol. The van der Waals surface area contributed by atoms with Crippen LogP contribution in [0.5, 0.6) is 5.75 Å². The zero-order valence-corrected chi connectivity index (χ0v) is 26.1. The van der Waals surface area contributed by atoms with Crippen molar-refractivity contribution in [2.45, 2.75) is 23.2 Å². The van der Waals surface area contributed by atoms with Gasteiger partial charge in [0.2, 0.25) is 10.0 Å². The van der Waals surface area contributed by atoms with Crippen LogP contribution in [0.15, 0.2) is 120 Å². The first-order valence-electron chi connectivity index (χ1n) is 14.0. The maximum Gasteiger partial charge on any atom is 0.307 e. The van der Waals surface area contributed by atoms with Gasteiger partial charge in [-0.15, -0.1) is 0 Å². The Morgan fingerprint density at radius 1 is 0.909 bits per heavy atom. The van der Waals surface area contributed by atoms with Crippen LogP contribution >= 0.6 is 23.4 Å². The lowest BCUT2D eigenvalue weighted by Crippen LogP contribution is -2.28. The molecular weight excluding hydrogens is 616 g/mol. The van der Waals surface area contributed by atoms with Crippen LogP contribution in [0.4, 0.5) is 0 Å². The summed E-state index contributed by atoms with van der Waals surface area (Å²) in [5.74, 6) is -0.676. The van der Waals surface area contributed by atoms with Crippen molar-refractivity contribution in [1.29, 1.82) is 0 Å². The Balaban J connectivity index is 1.33. The molecule has 0 spiro atoms. The van der Waals surface area contributed by atoms with Crippen molar-refractivity contribution in [2.75, 3.05) is 12.3 Å². The number of ether oxygens (including phenoxy) is 1. The van der Waals surface area contributed by atoms with Crippen LogP contribution in [0.1, 0.15) is 22.1 Å². The molecule has 226 valence electrons. The van der Waals surface area contributed by atoms with Crippen molar-refractivity contribution in [1.82, 2.24) is 9.71 Å². The zero-order chi connectivity index (χ0) is 30.9. The van der Waals surface area contributed by atoms with E-state index >= 15 is 0 Å². The van der Waals surface area contributed by atoms with Gasteiger partial charge in [-0.2, -0.15) is 11.8 Å². The van der Waals surface area contributed by atoms with Gasteiger partial charge in [0.1, 0.15) is 12.4 Å². The van der Waals surface area contributed by atoms with E-state index in [4.69, 9.17) is 16.3 Å². The summed E-state index contributed by atoms with van der Waals surface area (Å²) in [7, 11) is -3.84. The second-order valence-electron chi connectivity index (χ2n) is 10.2. The zero-order valence-electron chi connectivity index (χ0n) is 23.7. The minimum atomic E-state index is -3.84. The normalized spacial score (nSPS) is 12.9. The lowest BCUT2D eigenvalue weighted by molar-refractivity contribution is -0.140. The fraction of sp³-hybridized carbons (Fsp3) is 0.176. The molecule has 1 heterocycles. The average molecular weight is 647 g/mol. The highest BCUT2D eigenvalue weighted by Crippen LogP contribution is 2.33. The molecule has 2 unspecified atom stereocenters. The first kappa shape index (κ1) is 31.5. The Bertz CT molecular complexity index is 1820. The van der Waals surface area contributed by atoms with Gasteiger partial charge in [-0.05, 0) is 66.1 Å². The number of para-hydroxylation sites is 1. The molecule has 10 heteroatoms. The molecule has 0 aliphatic rings. The molecule has 0 fully saturated rings. The smallest absolute Gasteiger partial charge is 0.307 e. The van der Waals surface area contributed by atoms with Crippen LogP contribution < -0.4 is 9.46 Å². The lowest BCUT2D eigenvalue weighted by atomic mass is 10.0. The first-order valence-corrected chi connectivity index (χ1v) is 16.9. The average Bonchev–Trinajstić information content (AvgIpc) is 3.04. The number of rotatable bonds is 14. The minimum Gasteiger partial charge on any atom is -0.487 e. The van der Waals surface area contributed by atoms with E-state index in [1.54, 1.807) is 0 Å². The number of hydrogen-bond donors (Lipinski definition) is 2. The van der Waals surface area contributed by atoms with Crippen molar-refractivity contribution >= 4 is 50.3 Å². The minimum absolute atomic E-state index is 0.0446. The fourth-order valence-corrected chi connectivity index (χ4v) is 7.20. The van der Waals surface area contributed by atoms with Gasteiger partial charge in [0, 0.05) is 28.0 Å². The van der Waals surface area contributed by atoms with Crippen LogP contribution in [0.3, 0.4) is 0 Å². The van der Waals surface area contributed by atoms with E-state index in [0.29, 0.717) is 17.2 Å². The predicted octanol–water partition coefficient (Wildman–Crippen LogP) is 7.16. The van der Waals surface area contributed by atoms with Crippen molar-refractivity contribution in [3.63, 3.8) is 0 Å². The highest BCUT2D eigenvalue weighted by molar-refractivity contribution is 7.99. The Morgan fingerprint density at radius 3 is 2.43 bits per heavy atom. The van der Waals surface area contributed by atoms with Gasteiger partial charge in [-0.25, -0.2) is 18.1 Å². The number of thioether (sulfide) groups is 1. The first-order chi connectivity index (χ1) is 21.3. The number of hydrogen-bond acceptors (Lipinski definition) is 6. The Morgan fingerprint density at radius 2 is 1.66 bits per heavy atom. The van der Waals surface area contributed by atoms with E-state index in [-0.39, 0.29) is 23.8 Å². The summed E-state index contributed by atoms with van der Waals surface area (Å²) in [5.41, 5.74) is 3.40. The highest BCUT2D eigenvalue weighted by Gasteiger charge is 2.24. The van der Waals surface area contributed by atoms with Crippen molar-refractivity contribution in [3.8, 4) is 5.75 Å². The second kappa shape index (κ2) is 14.7. The highest BCUT2D eigenvalue weighted by atomic mass is 35.5. The Hall–Kier alpha value is -3.89.